The van der Waals surface area contributed by atoms with Crippen molar-refractivity contribution in [1.29, 1.82) is 0 Å². The van der Waals surface area contributed by atoms with Gasteiger partial charge in [0.05, 0.1) is 12.9 Å². The maximum Gasteiger partial charge on any atom is 0.328 e. The second kappa shape index (κ2) is 9.75. The number of esters is 1. The van der Waals surface area contributed by atoms with Gasteiger partial charge in [0, 0.05) is 30.1 Å². The summed E-state index contributed by atoms with van der Waals surface area (Å²) in [7, 11) is 1.35. The van der Waals surface area contributed by atoms with Crippen LogP contribution in [0.25, 0.3) is 11.4 Å². The molecule has 3 aromatic rings. The number of halogens is 1. The Hall–Kier alpha value is -2.84. The zero-order chi connectivity index (χ0) is 22.7. The van der Waals surface area contributed by atoms with E-state index in [-0.39, 0.29) is 11.7 Å². The van der Waals surface area contributed by atoms with Crippen molar-refractivity contribution >= 4 is 35.2 Å². The van der Waals surface area contributed by atoms with Crippen LogP contribution in [-0.2, 0) is 33.8 Å². The molecule has 1 atom stereocenters. The van der Waals surface area contributed by atoms with Crippen molar-refractivity contribution in [1.82, 2.24) is 19.7 Å². The van der Waals surface area contributed by atoms with E-state index < -0.39 is 12.0 Å². The third kappa shape index (κ3) is 4.52. The number of carbonyl (C=O) groups is 2. The Morgan fingerprint density at radius 3 is 2.53 bits per heavy atom. The number of aromatic nitrogens is 3. The molecule has 7 nitrogen and oxygen atoms in total. The first-order valence-corrected chi connectivity index (χ1v) is 11.6. The monoisotopic (exact) mass is 470 g/mol. The number of hydrogen-bond acceptors (Lipinski definition) is 6. The van der Waals surface area contributed by atoms with Crippen molar-refractivity contribution < 1.29 is 14.3 Å². The predicted molar refractivity (Wildman–Crippen MR) is 123 cm³/mol. The van der Waals surface area contributed by atoms with Crippen LogP contribution < -0.4 is 0 Å². The van der Waals surface area contributed by atoms with Gasteiger partial charge in [-0.2, -0.15) is 0 Å². The highest BCUT2D eigenvalue weighted by Crippen LogP contribution is 2.28. The van der Waals surface area contributed by atoms with Crippen LogP contribution in [0.1, 0.15) is 18.1 Å². The number of fused-ring (bicyclic) bond motifs is 1. The maximum absolute atomic E-state index is 13.2. The fraction of sp³-hybridized carbons (Fsp3) is 0.304. The first kappa shape index (κ1) is 22.4. The highest BCUT2D eigenvalue weighted by molar-refractivity contribution is 7.99. The minimum atomic E-state index is -0.628. The average Bonchev–Trinajstić information content (AvgIpc) is 3.24. The summed E-state index contributed by atoms with van der Waals surface area (Å²) in [6.45, 7) is 3.04. The summed E-state index contributed by atoms with van der Waals surface area (Å²) in [5.74, 6) is 0.325. The Morgan fingerprint density at radius 2 is 1.84 bits per heavy atom. The molecule has 0 spiro atoms. The van der Waals surface area contributed by atoms with Gasteiger partial charge in [-0.15, -0.1) is 10.2 Å². The largest absolute Gasteiger partial charge is 0.467 e. The smallest absolute Gasteiger partial charge is 0.328 e. The van der Waals surface area contributed by atoms with Crippen LogP contribution in [0.2, 0.25) is 5.02 Å². The molecule has 0 fully saturated rings. The van der Waals surface area contributed by atoms with Crippen molar-refractivity contribution in [3.63, 3.8) is 0 Å². The molecule has 1 amide bonds. The topological polar surface area (TPSA) is 77.3 Å². The van der Waals surface area contributed by atoms with Gasteiger partial charge in [-0.3, -0.25) is 4.79 Å². The molecule has 1 aliphatic rings. The molecule has 2 aromatic carbocycles. The Morgan fingerprint density at radius 1 is 1.12 bits per heavy atom. The fourth-order valence-electron chi connectivity index (χ4n) is 3.83. The number of amides is 1. The first-order valence-electron chi connectivity index (χ1n) is 10.3. The van der Waals surface area contributed by atoms with Gasteiger partial charge in [-0.05, 0) is 42.3 Å². The molecular formula is C23H23ClN4O3S. The molecule has 166 valence electrons. The lowest BCUT2D eigenvalue weighted by molar-refractivity contribution is -0.153. The van der Waals surface area contributed by atoms with Gasteiger partial charge in [-0.1, -0.05) is 47.6 Å². The fourth-order valence-corrected chi connectivity index (χ4v) is 4.85. The van der Waals surface area contributed by atoms with Crippen LogP contribution in [0.5, 0.6) is 0 Å². The minimum absolute atomic E-state index is 0.140. The molecule has 32 heavy (non-hydrogen) atoms. The third-order valence-corrected chi connectivity index (χ3v) is 6.71. The predicted octanol–water partition coefficient (Wildman–Crippen LogP) is 3.84. The lowest BCUT2D eigenvalue weighted by Gasteiger charge is -2.35. The van der Waals surface area contributed by atoms with E-state index >= 15 is 0 Å². The Kier molecular flexibility index (Phi) is 6.81. The Labute approximate surface area is 195 Å². The van der Waals surface area contributed by atoms with Crippen LogP contribution in [0, 0.1) is 0 Å². The van der Waals surface area contributed by atoms with E-state index in [1.54, 1.807) is 4.90 Å². The molecule has 0 saturated carbocycles. The van der Waals surface area contributed by atoms with Crippen LogP contribution >= 0.6 is 23.4 Å². The van der Waals surface area contributed by atoms with Crippen molar-refractivity contribution in [2.24, 2.45) is 0 Å². The molecule has 0 radical (unpaired) electrons. The average molecular weight is 471 g/mol. The van der Waals surface area contributed by atoms with E-state index in [0.29, 0.717) is 29.7 Å². The molecule has 1 aliphatic heterocycles. The van der Waals surface area contributed by atoms with Gasteiger partial charge in [-0.25, -0.2) is 4.79 Å². The maximum atomic E-state index is 13.2. The van der Waals surface area contributed by atoms with Crippen molar-refractivity contribution in [3.8, 4) is 11.4 Å². The molecule has 4 rings (SSSR count). The summed E-state index contributed by atoms with van der Waals surface area (Å²) in [5.41, 5.74) is 3.02. The number of nitrogens with zero attached hydrogens (tertiary/aromatic N) is 4. The summed E-state index contributed by atoms with van der Waals surface area (Å²) in [4.78, 5) is 27.1. The van der Waals surface area contributed by atoms with Gasteiger partial charge in [0.1, 0.15) is 6.04 Å². The van der Waals surface area contributed by atoms with Gasteiger partial charge in [0.2, 0.25) is 5.91 Å². The molecule has 1 unspecified atom stereocenters. The van der Waals surface area contributed by atoms with Gasteiger partial charge in [0.15, 0.2) is 11.0 Å². The Balaban J connectivity index is 1.51. The number of benzene rings is 2. The Bertz CT molecular complexity index is 1130. The lowest BCUT2D eigenvalue weighted by atomic mass is 9.94. The van der Waals surface area contributed by atoms with E-state index in [1.165, 1.54) is 18.9 Å². The summed E-state index contributed by atoms with van der Waals surface area (Å²) < 4.78 is 6.93. The van der Waals surface area contributed by atoms with E-state index in [0.717, 1.165) is 22.5 Å². The first-order chi connectivity index (χ1) is 15.5. The van der Waals surface area contributed by atoms with E-state index in [2.05, 4.69) is 10.2 Å². The number of methoxy groups -OCH3 is 1. The molecule has 1 aromatic heterocycles. The quantitative estimate of drug-likeness (QED) is 0.402. The summed E-state index contributed by atoms with van der Waals surface area (Å²) in [6, 6.07) is 14.6. The minimum Gasteiger partial charge on any atom is -0.467 e. The summed E-state index contributed by atoms with van der Waals surface area (Å²) >= 11 is 7.31. The van der Waals surface area contributed by atoms with Gasteiger partial charge in [0.25, 0.3) is 0 Å². The highest BCUT2D eigenvalue weighted by Gasteiger charge is 2.35. The molecule has 0 bridgehead atoms. The van der Waals surface area contributed by atoms with Crippen molar-refractivity contribution in [2.45, 2.75) is 37.6 Å². The number of carbonyl (C=O) groups excluding carboxylic acids is 2. The van der Waals surface area contributed by atoms with Crippen molar-refractivity contribution in [2.75, 3.05) is 12.9 Å². The highest BCUT2D eigenvalue weighted by atomic mass is 35.5. The van der Waals surface area contributed by atoms with E-state index in [4.69, 9.17) is 16.3 Å². The standard InChI is InChI=1S/C23H23ClN4O3S/c1-3-27-21(15-8-10-18(24)11-9-15)25-26-23(27)32-14-20(29)28-13-17-7-5-4-6-16(17)12-19(28)22(30)31-2/h4-11,19H,3,12-14H2,1-2H3. The SMILES string of the molecule is CCn1c(SCC(=O)N2Cc3ccccc3CC2C(=O)OC)nnc1-c1ccc(Cl)cc1. The van der Waals surface area contributed by atoms with Crippen LogP contribution in [0.15, 0.2) is 53.7 Å². The molecule has 0 aliphatic carbocycles. The molecule has 0 N–H and O–H groups in total. The summed E-state index contributed by atoms with van der Waals surface area (Å²) in [5, 5.41) is 9.91. The zero-order valence-corrected chi connectivity index (χ0v) is 19.4. The second-order valence-electron chi connectivity index (χ2n) is 7.38. The molecular weight excluding hydrogens is 448 g/mol. The molecule has 0 saturated heterocycles. The van der Waals surface area contributed by atoms with Crippen LogP contribution in [-0.4, -0.2) is 50.4 Å². The van der Waals surface area contributed by atoms with Crippen LogP contribution in [0.3, 0.4) is 0 Å². The van der Waals surface area contributed by atoms with E-state index in [9.17, 15) is 9.59 Å². The normalized spacial score (nSPS) is 15.3. The third-order valence-electron chi connectivity index (χ3n) is 5.50. The number of hydrogen-bond donors (Lipinski definition) is 0. The van der Waals surface area contributed by atoms with Gasteiger partial charge >= 0.3 is 5.97 Å². The number of rotatable bonds is 6. The number of thioether (sulfide) groups is 1. The lowest BCUT2D eigenvalue weighted by Crippen LogP contribution is -2.49. The molecule has 9 heteroatoms. The molecule has 2 heterocycles. The number of ether oxygens (including phenoxy) is 1. The zero-order valence-electron chi connectivity index (χ0n) is 17.8. The summed E-state index contributed by atoms with van der Waals surface area (Å²) in [6.07, 6.45) is 0.450. The van der Waals surface area contributed by atoms with Crippen LogP contribution in [0.4, 0.5) is 0 Å². The van der Waals surface area contributed by atoms with Crippen molar-refractivity contribution in [3.05, 3.63) is 64.7 Å². The van der Waals surface area contributed by atoms with E-state index in [1.807, 2.05) is 60.0 Å². The second-order valence-corrected chi connectivity index (χ2v) is 8.76. The van der Waals surface area contributed by atoms with Gasteiger partial charge < -0.3 is 14.2 Å².